The second-order valence-electron chi connectivity index (χ2n) is 0.217. The Morgan fingerprint density at radius 3 is 2.25 bits per heavy atom. The van der Waals surface area contributed by atoms with E-state index in [0.717, 1.165) is 0 Å². The molecule has 0 aromatic rings. The van der Waals surface area contributed by atoms with Gasteiger partial charge in [-0.1, -0.05) is 0 Å². The minimum absolute atomic E-state index is 1.14. The highest BCUT2D eigenvalue weighted by Gasteiger charge is 1.70. The Morgan fingerprint density at radius 1 is 2.00 bits per heavy atom. The van der Waals surface area contributed by atoms with Gasteiger partial charge in [-0.25, -0.2) is 0 Å². The van der Waals surface area contributed by atoms with Crippen LogP contribution in [-0.4, -0.2) is 7.11 Å². The van der Waals surface area contributed by atoms with Crippen molar-refractivity contribution in [2.24, 2.45) is 0 Å². The molecule has 0 fully saturated rings. The van der Waals surface area contributed by atoms with Crippen molar-refractivity contribution in [3.05, 3.63) is 0 Å². The van der Waals surface area contributed by atoms with E-state index in [2.05, 4.69) is 3.07 Å². The molecule has 0 spiro atoms. The Balaban J connectivity index is 1.97. The molecule has 2 nitrogen and oxygen atoms in total. The molecule has 0 saturated carbocycles. The van der Waals surface area contributed by atoms with E-state index in [0.29, 0.717) is 0 Å². The predicted molar refractivity (Wildman–Crippen MR) is 7.01 cm³/mol. The first kappa shape index (κ1) is 4.65. The predicted octanol–water partition coefficient (Wildman–Crippen LogP) is -4.09. The Bertz CT molecular complexity index is 8.00. The van der Waals surface area contributed by atoms with Crippen LogP contribution in [0, 0.1) is 0 Å². The zero-order valence-corrected chi connectivity index (χ0v) is 4.35. The van der Waals surface area contributed by atoms with Crippen molar-refractivity contribution in [1.29, 1.82) is 0 Å². The van der Waals surface area contributed by atoms with Crippen molar-refractivity contribution in [1.82, 2.24) is 0 Å². The van der Waals surface area contributed by atoms with Gasteiger partial charge in [-0.15, -0.1) is 0 Å². The van der Waals surface area contributed by atoms with Gasteiger partial charge in [0.05, 0.1) is 7.11 Å². The van der Waals surface area contributed by atoms with Gasteiger partial charge in [-0.3, -0.25) is 0 Å². The Labute approximate surface area is 36.1 Å². The molecule has 0 N–H and O–H groups in total. The number of rotatable bonds is 1. The summed E-state index contributed by atoms with van der Waals surface area (Å²) in [6, 6.07) is 0. The molecule has 0 aliphatic rings. The smallest absolute Gasteiger partial charge is 0.452 e. The Morgan fingerprint density at radius 2 is 2.25 bits per heavy atom. The fourth-order valence-corrected chi connectivity index (χ4v) is 0. The Kier molecular flexibility index (Phi) is 4.24. The molecule has 0 atom stereocenters. The summed E-state index contributed by atoms with van der Waals surface area (Å²) in [4.78, 5) is 0. The lowest BCUT2D eigenvalue weighted by atomic mass is 11.8. The quantitative estimate of drug-likeness (QED) is 0.378. The van der Waals surface area contributed by atoms with Crippen LogP contribution in [0.2, 0.25) is 0 Å². The maximum Gasteiger partial charge on any atom is 0.452 e. The van der Waals surface area contributed by atoms with Crippen molar-refractivity contribution in [3.63, 3.8) is 0 Å². The maximum atomic E-state index is 9.19. The molecule has 0 heterocycles. The lowest BCUT2D eigenvalue weighted by Gasteiger charge is -1.62. The highest BCUT2D eigenvalue weighted by Crippen LogP contribution is 1.03. The van der Waals surface area contributed by atoms with E-state index in [9.17, 15) is 3.44 Å². The first-order valence-electron chi connectivity index (χ1n) is 0.717. The standard InChI is InChI=1S/CH3IO2/c1-4-2-3/h1H3. The lowest BCUT2D eigenvalue weighted by Crippen LogP contribution is -3.69. The molecular weight excluding hydrogens is 171 g/mol. The van der Waals surface area contributed by atoms with Crippen LogP contribution in [0.1, 0.15) is 0 Å². The van der Waals surface area contributed by atoms with Crippen LogP contribution < -0.4 is 25.5 Å². The normalized spacial score (nSPS) is 7.50. The summed E-state index contributed by atoms with van der Waals surface area (Å²) in [6.07, 6.45) is 0. The van der Waals surface area contributed by atoms with Crippen molar-refractivity contribution in [2.75, 3.05) is 7.11 Å². The van der Waals surface area contributed by atoms with E-state index in [-0.39, 0.29) is 0 Å². The fraction of sp³-hybridized carbons (Fsp3) is 1.00. The van der Waals surface area contributed by atoms with Gasteiger partial charge >= 0.3 is 22.0 Å². The molecule has 0 unspecified atom stereocenters. The third-order valence-electron chi connectivity index (χ3n) is 0.0630. The molecule has 3 heteroatoms. The molecular formula is CH3IO2. The zero-order chi connectivity index (χ0) is 3.41. The van der Waals surface area contributed by atoms with Crippen LogP contribution in [0.4, 0.5) is 0 Å². The van der Waals surface area contributed by atoms with E-state index in [1.54, 1.807) is 0 Å². The number of hydrogen-bond acceptors (Lipinski definition) is 2. The van der Waals surface area contributed by atoms with Crippen LogP contribution >= 0.6 is 0 Å². The van der Waals surface area contributed by atoms with Crippen LogP contribution in [0.15, 0.2) is 0 Å². The summed E-state index contributed by atoms with van der Waals surface area (Å²) in [5, 5.41) is 0. The van der Waals surface area contributed by atoms with Crippen LogP contribution in [-0.2, 0) is 3.07 Å². The maximum absolute atomic E-state index is 9.19. The minimum Gasteiger partial charge on any atom is -0.567 e. The van der Waals surface area contributed by atoms with Crippen LogP contribution in [0.25, 0.3) is 0 Å². The molecule has 0 rings (SSSR count). The average molecular weight is 174 g/mol. The zero-order valence-electron chi connectivity index (χ0n) is 2.19. The lowest BCUT2D eigenvalue weighted by molar-refractivity contribution is -1.27. The van der Waals surface area contributed by atoms with Gasteiger partial charge in [-0.05, 0) is 0 Å². The largest absolute Gasteiger partial charge is 0.567 e. The molecule has 0 aromatic heterocycles. The van der Waals surface area contributed by atoms with Gasteiger partial charge < -0.3 is 3.44 Å². The molecule has 26 valence electrons. The second kappa shape index (κ2) is 3.65. The fourth-order valence-electron chi connectivity index (χ4n) is 0. The molecule has 4 heavy (non-hydrogen) atoms. The van der Waals surface area contributed by atoms with Crippen molar-refractivity contribution < 1.29 is 28.5 Å². The number of hydrogen-bond donors (Lipinski definition) is 0. The third kappa shape index (κ3) is 2.65. The minimum atomic E-state index is -1.14. The van der Waals surface area contributed by atoms with E-state index in [1.807, 2.05) is 0 Å². The third-order valence-corrected chi connectivity index (χ3v) is 0.423. The van der Waals surface area contributed by atoms with E-state index in [1.165, 1.54) is 7.11 Å². The first-order valence-corrected chi connectivity index (χ1v) is 2.48. The van der Waals surface area contributed by atoms with E-state index in [4.69, 9.17) is 0 Å². The van der Waals surface area contributed by atoms with Gasteiger partial charge in [0.15, 0.2) is 0 Å². The molecule has 0 amide bonds. The molecule has 0 aliphatic heterocycles. The summed E-state index contributed by atoms with van der Waals surface area (Å²) in [6.45, 7) is 0. The summed E-state index contributed by atoms with van der Waals surface area (Å²) in [5.74, 6) is 0. The summed E-state index contributed by atoms with van der Waals surface area (Å²) >= 11 is -1.14. The van der Waals surface area contributed by atoms with Crippen LogP contribution in [0.3, 0.4) is 0 Å². The highest BCUT2D eigenvalue weighted by atomic mass is 127. The second-order valence-corrected chi connectivity index (χ2v) is 1.46. The molecule has 0 aliphatic carbocycles. The van der Waals surface area contributed by atoms with Gasteiger partial charge in [-0.2, -0.15) is 3.07 Å². The van der Waals surface area contributed by atoms with Crippen molar-refractivity contribution in [3.8, 4) is 0 Å². The van der Waals surface area contributed by atoms with Crippen molar-refractivity contribution in [2.45, 2.75) is 0 Å². The van der Waals surface area contributed by atoms with Crippen molar-refractivity contribution >= 4 is 0 Å². The SMILES string of the molecule is CO[I+][O-]. The average Bonchev–Trinajstić information content (AvgIpc) is 1.37. The molecule has 0 saturated heterocycles. The first-order chi connectivity index (χ1) is 1.91. The van der Waals surface area contributed by atoms with E-state index >= 15 is 0 Å². The molecule has 0 bridgehead atoms. The highest BCUT2D eigenvalue weighted by molar-refractivity contribution is 3.29. The van der Waals surface area contributed by atoms with E-state index < -0.39 is 22.0 Å². The van der Waals surface area contributed by atoms with Gasteiger partial charge in [0.2, 0.25) is 0 Å². The summed E-state index contributed by atoms with van der Waals surface area (Å²) in [5.41, 5.74) is 0. The van der Waals surface area contributed by atoms with Gasteiger partial charge in [0.1, 0.15) is 0 Å². The summed E-state index contributed by atoms with van der Waals surface area (Å²) in [7, 11) is 1.42. The molecule has 0 radical (unpaired) electrons. The monoisotopic (exact) mass is 174 g/mol. The Hall–Kier alpha value is 0.650. The number of halogens is 1. The summed E-state index contributed by atoms with van der Waals surface area (Å²) < 4.78 is 13.3. The van der Waals surface area contributed by atoms with Gasteiger partial charge in [0, 0.05) is 0 Å². The van der Waals surface area contributed by atoms with Gasteiger partial charge in [0.25, 0.3) is 0 Å². The molecule has 0 aromatic carbocycles. The topological polar surface area (TPSA) is 32.3 Å². The van der Waals surface area contributed by atoms with Crippen LogP contribution in [0.5, 0.6) is 0 Å².